The molecule has 0 aromatic carbocycles. The van der Waals surface area contributed by atoms with Crippen molar-refractivity contribution in [2.75, 3.05) is 5.43 Å². The Hall–Kier alpha value is -1.25. The average molecular weight is 296 g/mol. The number of aromatic nitrogens is 4. The van der Waals surface area contributed by atoms with Crippen LogP contribution in [-0.4, -0.2) is 19.3 Å². The van der Waals surface area contributed by atoms with Gasteiger partial charge in [0.15, 0.2) is 4.34 Å². The van der Waals surface area contributed by atoms with Crippen molar-refractivity contribution < 1.29 is 0 Å². The molecule has 0 saturated carbocycles. The van der Waals surface area contributed by atoms with Gasteiger partial charge in [-0.15, -0.1) is 0 Å². The molecule has 2 rings (SSSR count). The molecule has 0 fully saturated rings. The van der Waals surface area contributed by atoms with Gasteiger partial charge in [0, 0.05) is 11.5 Å². The van der Waals surface area contributed by atoms with Crippen molar-refractivity contribution in [2.24, 2.45) is 5.84 Å². The lowest BCUT2D eigenvalue weighted by Crippen LogP contribution is -2.13. The second kappa shape index (κ2) is 5.81. The molecule has 0 aliphatic rings. The molecule has 3 N–H and O–H groups in total. The molecule has 0 atom stereocenters. The van der Waals surface area contributed by atoms with E-state index in [4.69, 9.17) is 5.84 Å². The Balaban J connectivity index is 2.40. The second-order valence-electron chi connectivity index (χ2n) is 4.37. The van der Waals surface area contributed by atoms with Crippen LogP contribution in [0, 0.1) is 13.8 Å². The predicted molar refractivity (Wildman–Crippen MR) is 77.4 cm³/mol. The highest BCUT2D eigenvalue weighted by molar-refractivity contribution is 8.00. The smallest absolute Gasteiger partial charge is 0.176 e. The Labute approximate surface area is 120 Å². The number of nitrogens with zero attached hydrogens (tertiary/aromatic N) is 4. The monoisotopic (exact) mass is 296 g/mol. The number of hydrogen-bond donors (Lipinski definition) is 2. The van der Waals surface area contributed by atoms with Crippen LogP contribution >= 0.6 is 23.3 Å². The van der Waals surface area contributed by atoms with Gasteiger partial charge in [-0.1, -0.05) is 13.8 Å². The molecule has 0 spiro atoms. The number of nitrogens with one attached hydrogen (secondary N) is 1. The summed E-state index contributed by atoms with van der Waals surface area (Å²) >= 11 is 2.86. The Morgan fingerprint density at radius 2 is 1.95 bits per heavy atom. The zero-order valence-electron chi connectivity index (χ0n) is 11.3. The van der Waals surface area contributed by atoms with Crippen LogP contribution in [0.5, 0.6) is 0 Å². The molecule has 0 bridgehead atoms. The highest BCUT2D eigenvalue weighted by atomic mass is 32.2. The van der Waals surface area contributed by atoms with Crippen molar-refractivity contribution in [2.45, 2.75) is 43.0 Å². The third-order valence-electron chi connectivity index (χ3n) is 2.46. The number of nitrogen functional groups attached to an aromatic ring is 1. The van der Waals surface area contributed by atoms with E-state index in [9.17, 15) is 0 Å². The summed E-state index contributed by atoms with van der Waals surface area (Å²) in [4.78, 5) is 13.3. The molecular weight excluding hydrogens is 280 g/mol. The molecule has 2 aromatic rings. The molecule has 19 heavy (non-hydrogen) atoms. The van der Waals surface area contributed by atoms with E-state index in [1.165, 1.54) is 23.3 Å². The molecule has 0 amide bonds. The van der Waals surface area contributed by atoms with Crippen LogP contribution in [0.25, 0.3) is 0 Å². The van der Waals surface area contributed by atoms with E-state index in [0.29, 0.717) is 5.82 Å². The Morgan fingerprint density at radius 3 is 2.47 bits per heavy atom. The lowest BCUT2D eigenvalue weighted by atomic mass is 10.2. The van der Waals surface area contributed by atoms with Crippen molar-refractivity contribution >= 4 is 29.1 Å². The molecule has 2 heterocycles. The fourth-order valence-corrected chi connectivity index (χ4v) is 3.07. The van der Waals surface area contributed by atoms with Gasteiger partial charge in [0.25, 0.3) is 0 Å². The molecule has 2 aromatic heterocycles. The van der Waals surface area contributed by atoms with Crippen molar-refractivity contribution in [1.82, 2.24) is 19.3 Å². The van der Waals surface area contributed by atoms with Crippen LogP contribution < -0.4 is 11.3 Å². The highest BCUT2D eigenvalue weighted by Crippen LogP contribution is 2.32. The first-order chi connectivity index (χ1) is 9.01. The topological polar surface area (TPSA) is 89.6 Å². The van der Waals surface area contributed by atoms with Gasteiger partial charge < -0.3 is 5.43 Å². The summed E-state index contributed by atoms with van der Waals surface area (Å²) in [6.07, 6.45) is 0. The molecule has 0 aliphatic carbocycles. The summed E-state index contributed by atoms with van der Waals surface area (Å²) < 4.78 is 5.04. The van der Waals surface area contributed by atoms with E-state index < -0.39 is 0 Å². The summed E-state index contributed by atoms with van der Waals surface area (Å²) in [5, 5.41) is 0.864. The zero-order chi connectivity index (χ0) is 14.0. The number of anilines is 1. The van der Waals surface area contributed by atoms with Gasteiger partial charge in [0.05, 0.1) is 0 Å². The van der Waals surface area contributed by atoms with Gasteiger partial charge in [-0.2, -0.15) is 4.37 Å². The van der Waals surface area contributed by atoms with E-state index >= 15 is 0 Å². The van der Waals surface area contributed by atoms with E-state index in [0.717, 1.165) is 26.6 Å². The minimum absolute atomic E-state index is 0.239. The van der Waals surface area contributed by atoms with E-state index in [1.807, 2.05) is 13.8 Å². The number of rotatable bonds is 4. The van der Waals surface area contributed by atoms with Crippen LogP contribution in [0.2, 0.25) is 0 Å². The first kappa shape index (κ1) is 14.2. The molecule has 8 heteroatoms. The van der Waals surface area contributed by atoms with Crippen molar-refractivity contribution in [1.29, 1.82) is 0 Å². The molecule has 6 nitrogen and oxygen atoms in total. The first-order valence-corrected chi connectivity index (χ1v) is 7.43. The minimum atomic E-state index is 0.239. The van der Waals surface area contributed by atoms with Gasteiger partial charge in [-0.3, -0.25) is 0 Å². The van der Waals surface area contributed by atoms with Gasteiger partial charge in [-0.05, 0) is 37.1 Å². The minimum Gasteiger partial charge on any atom is -0.308 e. The summed E-state index contributed by atoms with van der Waals surface area (Å²) in [6, 6.07) is 0. The third-order valence-corrected chi connectivity index (χ3v) is 4.40. The summed E-state index contributed by atoms with van der Waals surface area (Å²) in [5.41, 5.74) is 3.55. The van der Waals surface area contributed by atoms with Crippen molar-refractivity contribution in [3.8, 4) is 0 Å². The van der Waals surface area contributed by atoms with Crippen molar-refractivity contribution in [3.63, 3.8) is 0 Å². The highest BCUT2D eigenvalue weighted by Gasteiger charge is 2.15. The normalized spacial score (nSPS) is 11.1. The first-order valence-electron chi connectivity index (χ1n) is 5.84. The Bertz CT molecular complexity index is 581. The van der Waals surface area contributed by atoms with Crippen LogP contribution in [0.15, 0.2) is 9.37 Å². The van der Waals surface area contributed by atoms with Crippen LogP contribution in [0.3, 0.4) is 0 Å². The summed E-state index contributed by atoms with van der Waals surface area (Å²) in [6.45, 7) is 7.92. The van der Waals surface area contributed by atoms with E-state index in [1.54, 1.807) is 0 Å². The number of hydrazine groups is 1. The lowest BCUT2D eigenvalue weighted by Gasteiger charge is -2.12. The van der Waals surface area contributed by atoms with E-state index in [2.05, 4.69) is 38.6 Å². The molecule has 0 aliphatic heterocycles. The van der Waals surface area contributed by atoms with Crippen LogP contribution in [0.1, 0.15) is 37.0 Å². The molecule has 0 saturated heterocycles. The van der Waals surface area contributed by atoms with Crippen molar-refractivity contribution in [3.05, 3.63) is 17.2 Å². The Morgan fingerprint density at radius 1 is 1.21 bits per heavy atom. The fourth-order valence-electron chi connectivity index (χ4n) is 1.41. The maximum atomic E-state index is 5.51. The fraction of sp³-hybridized carbons (Fsp3) is 0.455. The SMILES string of the molecule is Cc1nsc(Sc2nc(C(C)C)nc(NN)c2C)n1. The van der Waals surface area contributed by atoms with Gasteiger partial charge in [0.2, 0.25) is 0 Å². The van der Waals surface area contributed by atoms with Crippen LogP contribution in [-0.2, 0) is 0 Å². The third kappa shape index (κ3) is 3.20. The molecular formula is C11H16N6S2. The maximum absolute atomic E-state index is 5.51. The largest absolute Gasteiger partial charge is 0.308 e. The number of aryl methyl sites for hydroxylation is 1. The summed E-state index contributed by atoms with van der Waals surface area (Å²) in [7, 11) is 0. The second-order valence-corrected chi connectivity index (χ2v) is 6.36. The standard InChI is InChI=1S/C11H16N6S2/c1-5(2)8-14-9(16-12)6(3)10(15-8)18-11-13-7(4)17-19-11/h5H,12H2,1-4H3,(H,14,15,16). The summed E-state index contributed by atoms with van der Waals surface area (Å²) in [5.74, 6) is 7.95. The number of hydrogen-bond acceptors (Lipinski definition) is 8. The van der Waals surface area contributed by atoms with Gasteiger partial charge in [-0.25, -0.2) is 20.8 Å². The average Bonchev–Trinajstić information content (AvgIpc) is 2.77. The van der Waals surface area contributed by atoms with Gasteiger partial charge >= 0.3 is 0 Å². The molecule has 0 radical (unpaired) electrons. The number of nitrogens with two attached hydrogens (primary N) is 1. The van der Waals surface area contributed by atoms with E-state index in [-0.39, 0.29) is 5.92 Å². The predicted octanol–water partition coefficient (Wildman–Crippen LogP) is 2.51. The zero-order valence-corrected chi connectivity index (χ0v) is 12.9. The molecule has 0 unspecified atom stereocenters. The van der Waals surface area contributed by atoms with Crippen LogP contribution in [0.4, 0.5) is 5.82 Å². The molecule has 102 valence electrons. The maximum Gasteiger partial charge on any atom is 0.176 e. The lowest BCUT2D eigenvalue weighted by molar-refractivity contribution is 0.749. The Kier molecular flexibility index (Phi) is 4.33. The van der Waals surface area contributed by atoms with Gasteiger partial charge in [0.1, 0.15) is 22.5 Å². The quantitative estimate of drug-likeness (QED) is 0.509.